The van der Waals surface area contributed by atoms with Gasteiger partial charge in [0.25, 0.3) is 0 Å². The Kier molecular flexibility index (Phi) is 4.47. The molecule has 4 nitrogen and oxygen atoms in total. The highest BCUT2D eigenvalue weighted by atomic mass is 35.5. The van der Waals surface area contributed by atoms with Gasteiger partial charge in [0.1, 0.15) is 0 Å². The van der Waals surface area contributed by atoms with Crippen LogP contribution in [0.3, 0.4) is 0 Å². The molecule has 4 N–H and O–H groups in total. The lowest BCUT2D eigenvalue weighted by Gasteiger charge is -2.13. The van der Waals surface area contributed by atoms with Crippen molar-refractivity contribution in [2.45, 2.75) is 23.0 Å². The van der Waals surface area contributed by atoms with Gasteiger partial charge in [-0.25, -0.2) is 8.42 Å². The van der Waals surface area contributed by atoms with E-state index in [1.165, 1.54) is 0 Å². The zero-order valence-electron chi connectivity index (χ0n) is 13.4. The number of nitrogens with two attached hydrogens (primary N) is 2. The van der Waals surface area contributed by atoms with E-state index >= 15 is 0 Å². The third-order valence-corrected chi connectivity index (χ3v) is 7.64. The fraction of sp³-hybridized carbons (Fsp3) is 0.333. The highest BCUT2D eigenvalue weighted by Crippen LogP contribution is 2.62. The minimum absolute atomic E-state index is 0.186. The molecule has 2 atom stereocenters. The summed E-state index contributed by atoms with van der Waals surface area (Å²) in [5.41, 5.74) is 13.4. The maximum Gasteiger partial charge on any atom is 0.182 e. The molecule has 0 heterocycles. The topological polar surface area (TPSA) is 86.2 Å². The number of sulfone groups is 1. The number of benzene rings is 2. The van der Waals surface area contributed by atoms with Crippen molar-refractivity contribution < 1.29 is 8.42 Å². The Morgan fingerprint density at radius 2 is 1.54 bits per heavy atom. The van der Waals surface area contributed by atoms with E-state index in [0.717, 1.165) is 11.1 Å². The van der Waals surface area contributed by atoms with E-state index in [-0.39, 0.29) is 23.9 Å². The predicted molar refractivity (Wildman–Crippen MR) is 96.9 cm³/mol. The second-order valence-electron chi connectivity index (χ2n) is 6.45. The number of hydrogen-bond acceptors (Lipinski definition) is 4. The summed E-state index contributed by atoms with van der Waals surface area (Å²) < 4.78 is 26.3. The van der Waals surface area contributed by atoms with Gasteiger partial charge in [0.05, 0.1) is 10.1 Å². The van der Waals surface area contributed by atoms with Gasteiger partial charge in [-0.05, 0) is 36.8 Å². The Morgan fingerprint density at radius 1 is 1.00 bits per heavy atom. The fourth-order valence-corrected chi connectivity index (χ4v) is 6.16. The first-order chi connectivity index (χ1) is 11.4. The summed E-state index contributed by atoms with van der Waals surface area (Å²) in [6, 6.07) is 14.2. The van der Waals surface area contributed by atoms with E-state index in [0.29, 0.717) is 5.02 Å². The third-order valence-electron chi connectivity index (χ3n) is 5.05. The molecule has 24 heavy (non-hydrogen) atoms. The lowest BCUT2D eigenvalue weighted by molar-refractivity contribution is 0.510. The molecule has 1 saturated carbocycles. The van der Waals surface area contributed by atoms with Gasteiger partial charge < -0.3 is 11.5 Å². The normalized spacial score (nSPS) is 22.3. The number of rotatable bonds is 5. The second-order valence-corrected chi connectivity index (χ2v) is 8.96. The van der Waals surface area contributed by atoms with Gasteiger partial charge in [-0.3, -0.25) is 0 Å². The summed E-state index contributed by atoms with van der Waals surface area (Å²) in [7, 11) is -3.54. The van der Waals surface area contributed by atoms with Crippen LogP contribution < -0.4 is 11.5 Å². The standard InChI is InChI=1S/C18H21ClN2O2S/c1-12-2-4-13(5-3-12)16-17(18(16,10-20)11-21)24(22,23)15-8-6-14(19)7-9-15/h2-9,16-17H,10-11,20-21H2,1H3/t16-,17+/m0/s1. The molecule has 0 saturated heterocycles. The molecule has 3 rings (SSSR count). The monoisotopic (exact) mass is 364 g/mol. The molecule has 0 aromatic heterocycles. The summed E-state index contributed by atoms with van der Waals surface area (Å²) in [5, 5.41) is -0.104. The maximum absolute atomic E-state index is 13.1. The zero-order chi connectivity index (χ0) is 17.5. The molecule has 0 bridgehead atoms. The van der Waals surface area contributed by atoms with Crippen LogP contribution in [0, 0.1) is 12.3 Å². The first-order valence-electron chi connectivity index (χ1n) is 7.83. The van der Waals surface area contributed by atoms with Crippen molar-refractivity contribution >= 4 is 21.4 Å². The van der Waals surface area contributed by atoms with Gasteiger partial charge >= 0.3 is 0 Å². The van der Waals surface area contributed by atoms with Gasteiger partial charge in [-0.15, -0.1) is 0 Å². The van der Waals surface area contributed by atoms with Crippen LogP contribution in [0.2, 0.25) is 5.02 Å². The molecule has 0 amide bonds. The number of aryl methyl sites for hydroxylation is 1. The average Bonchev–Trinajstić information content (AvgIpc) is 3.26. The Balaban J connectivity index is 2.04. The second kappa shape index (κ2) is 6.15. The van der Waals surface area contributed by atoms with Crippen molar-refractivity contribution in [3.63, 3.8) is 0 Å². The quantitative estimate of drug-likeness (QED) is 0.853. The molecule has 6 heteroatoms. The lowest BCUT2D eigenvalue weighted by atomic mass is 9.99. The van der Waals surface area contributed by atoms with Gasteiger partial charge in [0.15, 0.2) is 9.84 Å². The summed E-state index contributed by atoms with van der Waals surface area (Å²) in [6.07, 6.45) is 0. The zero-order valence-corrected chi connectivity index (χ0v) is 15.0. The Bertz CT molecular complexity index is 828. The summed E-state index contributed by atoms with van der Waals surface area (Å²) in [4.78, 5) is 0.262. The van der Waals surface area contributed by atoms with Crippen molar-refractivity contribution in [2.24, 2.45) is 16.9 Å². The molecule has 1 fully saturated rings. The minimum atomic E-state index is -3.54. The highest BCUT2D eigenvalue weighted by Gasteiger charge is 2.69. The van der Waals surface area contributed by atoms with Gasteiger partial charge in [-0.1, -0.05) is 41.4 Å². The first kappa shape index (κ1) is 17.4. The molecular formula is C18H21ClN2O2S. The summed E-state index contributed by atoms with van der Waals surface area (Å²) in [5.74, 6) is -0.186. The summed E-state index contributed by atoms with van der Waals surface area (Å²) >= 11 is 5.87. The predicted octanol–water partition coefficient (Wildman–Crippen LogP) is 2.49. The molecule has 0 spiro atoms. The minimum Gasteiger partial charge on any atom is -0.330 e. The maximum atomic E-state index is 13.1. The van der Waals surface area contributed by atoms with E-state index in [1.54, 1.807) is 24.3 Å². The van der Waals surface area contributed by atoms with Crippen LogP contribution in [-0.4, -0.2) is 26.8 Å². The smallest absolute Gasteiger partial charge is 0.182 e. The van der Waals surface area contributed by atoms with E-state index in [4.69, 9.17) is 23.1 Å². The molecule has 2 aromatic carbocycles. The van der Waals surface area contributed by atoms with Crippen molar-refractivity contribution in [1.29, 1.82) is 0 Å². The third kappa shape index (κ3) is 2.65. The van der Waals surface area contributed by atoms with E-state index in [9.17, 15) is 8.42 Å². The van der Waals surface area contributed by atoms with E-state index in [1.807, 2.05) is 31.2 Å². The average molecular weight is 365 g/mol. The van der Waals surface area contributed by atoms with Crippen LogP contribution in [0.5, 0.6) is 0 Å². The Labute approximate surface area is 147 Å². The van der Waals surface area contributed by atoms with E-state index < -0.39 is 20.5 Å². The van der Waals surface area contributed by atoms with Crippen molar-refractivity contribution in [3.05, 3.63) is 64.7 Å². The molecule has 0 radical (unpaired) electrons. The van der Waals surface area contributed by atoms with E-state index in [2.05, 4.69) is 0 Å². The van der Waals surface area contributed by atoms with Crippen LogP contribution in [-0.2, 0) is 9.84 Å². The SMILES string of the molecule is Cc1ccc([C@H]2[C@@H](S(=O)(=O)c3ccc(Cl)cc3)C2(CN)CN)cc1. The lowest BCUT2D eigenvalue weighted by Crippen LogP contribution is -2.31. The molecule has 0 unspecified atom stereocenters. The number of halogens is 1. The molecule has 2 aromatic rings. The Morgan fingerprint density at radius 3 is 2.04 bits per heavy atom. The fourth-order valence-electron chi connectivity index (χ4n) is 3.56. The molecule has 1 aliphatic carbocycles. The highest BCUT2D eigenvalue weighted by molar-refractivity contribution is 7.92. The largest absolute Gasteiger partial charge is 0.330 e. The Hall–Kier alpha value is -1.40. The van der Waals surface area contributed by atoms with Gasteiger partial charge in [-0.2, -0.15) is 0 Å². The van der Waals surface area contributed by atoms with Crippen LogP contribution in [0.25, 0.3) is 0 Å². The molecule has 1 aliphatic rings. The van der Waals surface area contributed by atoms with Crippen LogP contribution >= 0.6 is 11.6 Å². The summed E-state index contributed by atoms with van der Waals surface area (Å²) in [6.45, 7) is 2.47. The van der Waals surface area contributed by atoms with Crippen LogP contribution in [0.4, 0.5) is 0 Å². The van der Waals surface area contributed by atoms with Gasteiger partial charge in [0.2, 0.25) is 0 Å². The van der Waals surface area contributed by atoms with Crippen molar-refractivity contribution in [1.82, 2.24) is 0 Å². The molecule has 128 valence electrons. The first-order valence-corrected chi connectivity index (χ1v) is 9.75. The van der Waals surface area contributed by atoms with Crippen molar-refractivity contribution in [3.8, 4) is 0 Å². The van der Waals surface area contributed by atoms with Crippen LogP contribution in [0.15, 0.2) is 53.4 Å². The number of hydrogen-bond donors (Lipinski definition) is 2. The van der Waals surface area contributed by atoms with Crippen LogP contribution in [0.1, 0.15) is 17.0 Å². The molecular weight excluding hydrogens is 344 g/mol. The molecule has 0 aliphatic heterocycles. The van der Waals surface area contributed by atoms with Gasteiger partial charge in [0, 0.05) is 29.4 Å². The van der Waals surface area contributed by atoms with Crippen molar-refractivity contribution in [2.75, 3.05) is 13.1 Å².